The van der Waals surface area contributed by atoms with Crippen molar-refractivity contribution in [1.82, 2.24) is 9.80 Å². The van der Waals surface area contributed by atoms with Crippen LogP contribution in [0, 0.1) is 5.92 Å². The molecule has 2 saturated heterocycles. The van der Waals surface area contributed by atoms with Gasteiger partial charge in [-0.1, -0.05) is 13.8 Å². The fourth-order valence-electron chi connectivity index (χ4n) is 3.08. The predicted molar refractivity (Wildman–Crippen MR) is 69.7 cm³/mol. The minimum atomic E-state index is 0.854. The van der Waals surface area contributed by atoms with Crippen molar-refractivity contribution in [3.8, 4) is 0 Å². The molecule has 1 atom stereocenters. The third kappa shape index (κ3) is 3.46. The van der Waals surface area contributed by atoms with E-state index in [1.807, 2.05) is 0 Å². The van der Waals surface area contributed by atoms with Crippen molar-refractivity contribution in [1.29, 1.82) is 0 Å². The Bertz CT molecular complexity index is 197. The summed E-state index contributed by atoms with van der Waals surface area (Å²) in [7, 11) is 0. The number of piperidine rings is 1. The van der Waals surface area contributed by atoms with Crippen molar-refractivity contribution in [3.63, 3.8) is 0 Å². The Balaban J connectivity index is 1.74. The van der Waals surface area contributed by atoms with Crippen molar-refractivity contribution in [3.05, 3.63) is 0 Å². The minimum Gasteiger partial charge on any atom is -0.302 e. The Morgan fingerprint density at radius 3 is 2.50 bits per heavy atom. The average molecular weight is 224 g/mol. The maximum Gasteiger partial charge on any atom is 0.0223 e. The summed E-state index contributed by atoms with van der Waals surface area (Å²) in [5, 5.41) is 0. The van der Waals surface area contributed by atoms with Gasteiger partial charge in [-0.05, 0) is 64.2 Å². The molecule has 0 aromatic heterocycles. The van der Waals surface area contributed by atoms with Gasteiger partial charge in [-0.15, -0.1) is 0 Å². The van der Waals surface area contributed by atoms with Gasteiger partial charge in [0.1, 0.15) is 0 Å². The number of rotatable bonds is 4. The van der Waals surface area contributed by atoms with E-state index in [-0.39, 0.29) is 0 Å². The Kier molecular flexibility index (Phi) is 4.66. The summed E-state index contributed by atoms with van der Waals surface area (Å²) >= 11 is 0. The second kappa shape index (κ2) is 6.02. The Morgan fingerprint density at radius 1 is 1.06 bits per heavy atom. The molecule has 0 N–H and O–H groups in total. The molecule has 2 fully saturated rings. The monoisotopic (exact) mass is 224 g/mol. The van der Waals surface area contributed by atoms with E-state index in [1.54, 1.807) is 0 Å². The van der Waals surface area contributed by atoms with Gasteiger partial charge in [0, 0.05) is 12.6 Å². The topological polar surface area (TPSA) is 6.48 Å². The number of hydrogen-bond donors (Lipinski definition) is 0. The highest BCUT2D eigenvalue weighted by atomic mass is 15.2. The minimum absolute atomic E-state index is 0.854. The van der Waals surface area contributed by atoms with E-state index < -0.39 is 0 Å². The van der Waals surface area contributed by atoms with Crippen LogP contribution in [-0.4, -0.2) is 48.6 Å². The van der Waals surface area contributed by atoms with Gasteiger partial charge in [0.2, 0.25) is 0 Å². The molecule has 2 aliphatic rings. The maximum absolute atomic E-state index is 2.74. The molecular formula is C14H28N2. The molecule has 2 rings (SSSR count). The standard InChI is InChI=1S/C14H28N2/c1-13(2)7-11-15-8-5-6-14(12-15)16-9-3-4-10-16/h13-14H,3-12H2,1-2H3. The lowest BCUT2D eigenvalue weighted by Crippen LogP contribution is -2.47. The molecule has 0 saturated carbocycles. The van der Waals surface area contributed by atoms with E-state index in [0.29, 0.717) is 0 Å². The molecule has 2 heteroatoms. The zero-order chi connectivity index (χ0) is 11.4. The molecular weight excluding hydrogens is 196 g/mol. The molecule has 2 heterocycles. The van der Waals surface area contributed by atoms with Crippen molar-refractivity contribution in [2.75, 3.05) is 32.7 Å². The van der Waals surface area contributed by atoms with Gasteiger partial charge in [0.15, 0.2) is 0 Å². The van der Waals surface area contributed by atoms with Crippen LogP contribution in [0.3, 0.4) is 0 Å². The third-order valence-corrected chi connectivity index (χ3v) is 4.16. The highest BCUT2D eigenvalue weighted by Crippen LogP contribution is 2.20. The summed E-state index contributed by atoms with van der Waals surface area (Å²) in [6.07, 6.45) is 7.09. The Morgan fingerprint density at radius 2 is 1.81 bits per heavy atom. The summed E-state index contributed by atoms with van der Waals surface area (Å²) in [4.78, 5) is 5.44. The molecule has 0 aromatic carbocycles. The first-order valence-electron chi connectivity index (χ1n) is 7.22. The van der Waals surface area contributed by atoms with E-state index in [4.69, 9.17) is 0 Å². The van der Waals surface area contributed by atoms with Gasteiger partial charge < -0.3 is 4.90 Å². The number of likely N-dealkylation sites (tertiary alicyclic amines) is 2. The molecule has 2 nitrogen and oxygen atoms in total. The zero-order valence-electron chi connectivity index (χ0n) is 11.1. The van der Waals surface area contributed by atoms with Crippen LogP contribution < -0.4 is 0 Å². The molecule has 2 aliphatic heterocycles. The predicted octanol–water partition coefficient (Wildman–Crippen LogP) is 2.59. The van der Waals surface area contributed by atoms with Gasteiger partial charge in [0.05, 0.1) is 0 Å². The van der Waals surface area contributed by atoms with Gasteiger partial charge in [-0.3, -0.25) is 4.90 Å². The highest BCUT2D eigenvalue weighted by molar-refractivity contribution is 4.83. The SMILES string of the molecule is CC(C)CCN1CCCC(N2CCCC2)C1. The van der Waals surface area contributed by atoms with Gasteiger partial charge in [0.25, 0.3) is 0 Å². The van der Waals surface area contributed by atoms with Crippen LogP contribution in [-0.2, 0) is 0 Å². The van der Waals surface area contributed by atoms with E-state index in [1.165, 1.54) is 64.8 Å². The van der Waals surface area contributed by atoms with Crippen molar-refractivity contribution < 1.29 is 0 Å². The summed E-state index contributed by atoms with van der Waals surface area (Å²) < 4.78 is 0. The van der Waals surface area contributed by atoms with Gasteiger partial charge in [-0.2, -0.15) is 0 Å². The normalized spacial score (nSPS) is 29.1. The first kappa shape index (κ1) is 12.4. The van der Waals surface area contributed by atoms with Crippen LogP contribution in [0.5, 0.6) is 0 Å². The lowest BCUT2D eigenvalue weighted by atomic mass is 10.0. The third-order valence-electron chi connectivity index (χ3n) is 4.16. The van der Waals surface area contributed by atoms with E-state index in [9.17, 15) is 0 Å². The Labute approximate surface area is 101 Å². The van der Waals surface area contributed by atoms with Crippen LogP contribution in [0.4, 0.5) is 0 Å². The summed E-state index contributed by atoms with van der Waals surface area (Å²) in [6.45, 7) is 11.4. The van der Waals surface area contributed by atoms with Crippen LogP contribution >= 0.6 is 0 Å². The molecule has 94 valence electrons. The molecule has 0 spiro atoms. The van der Waals surface area contributed by atoms with E-state index in [0.717, 1.165) is 12.0 Å². The highest BCUT2D eigenvalue weighted by Gasteiger charge is 2.26. The quantitative estimate of drug-likeness (QED) is 0.724. The van der Waals surface area contributed by atoms with Crippen LogP contribution in [0.15, 0.2) is 0 Å². The van der Waals surface area contributed by atoms with Gasteiger partial charge in [-0.25, -0.2) is 0 Å². The number of hydrogen-bond acceptors (Lipinski definition) is 2. The molecule has 0 radical (unpaired) electrons. The van der Waals surface area contributed by atoms with Crippen LogP contribution in [0.1, 0.15) is 46.0 Å². The lowest BCUT2D eigenvalue weighted by Gasteiger charge is -2.37. The summed E-state index contributed by atoms with van der Waals surface area (Å²) in [5.74, 6) is 0.854. The van der Waals surface area contributed by atoms with Gasteiger partial charge >= 0.3 is 0 Å². The fourth-order valence-corrected chi connectivity index (χ4v) is 3.08. The van der Waals surface area contributed by atoms with Crippen LogP contribution in [0.2, 0.25) is 0 Å². The molecule has 0 aromatic rings. The van der Waals surface area contributed by atoms with E-state index >= 15 is 0 Å². The zero-order valence-corrected chi connectivity index (χ0v) is 11.1. The summed E-state index contributed by atoms with van der Waals surface area (Å²) in [5.41, 5.74) is 0. The second-order valence-corrected chi connectivity index (χ2v) is 6.02. The fraction of sp³-hybridized carbons (Fsp3) is 1.00. The Hall–Kier alpha value is -0.0800. The maximum atomic E-state index is 2.74. The van der Waals surface area contributed by atoms with Crippen LogP contribution in [0.25, 0.3) is 0 Å². The van der Waals surface area contributed by atoms with Crippen molar-refractivity contribution >= 4 is 0 Å². The second-order valence-electron chi connectivity index (χ2n) is 6.02. The lowest BCUT2D eigenvalue weighted by molar-refractivity contribution is 0.112. The smallest absolute Gasteiger partial charge is 0.0223 e. The molecule has 0 bridgehead atoms. The molecule has 16 heavy (non-hydrogen) atoms. The molecule has 1 unspecified atom stereocenters. The first-order chi connectivity index (χ1) is 7.75. The van der Waals surface area contributed by atoms with E-state index in [2.05, 4.69) is 23.6 Å². The largest absolute Gasteiger partial charge is 0.302 e. The first-order valence-corrected chi connectivity index (χ1v) is 7.22. The molecule has 0 aliphatic carbocycles. The van der Waals surface area contributed by atoms with Crippen molar-refractivity contribution in [2.45, 2.75) is 52.0 Å². The number of nitrogens with zero attached hydrogens (tertiary/aromatic N) is 2. The average Bonchev–Trinajstić information content (AvgIpc) is 2.80. The van der Waals surface area contributed by atoms with Crippen molar-refractivity contribution in [2.24, 2.45) is 5.92 Å². The molecule has 0 amide bonds. The summed E-state index contributed by atoms with van der Waals surface area (Å²) in [6, 6.07) is 0.878.